The Morgan fingerprint density at radius 3 is 2.47 bits per heavy atom. The van der Waals surface area contributed by atoms with Gasteiger partial charge < -0.3 is 19.5 Å². The molecule has 3 rings (SSSR count). The minimum Gasteiger partial charge on any atom is -0.506 e. The topological polar surface area (TPSA) is 88.8 Å². The van der Waals surface area contributed by atoms with Crippen molar-refractivity contribution in [3.8, 4) is 5.75 Å². The van der Waals surface area contributed by atoms with Gasteiger partial charge in [-0.2, -0.15) is 0 Å². The standard InChI is InChI=1S/C23H24ClNO5/c1-5-25-13(3)19(21(27)30-6-2)20-15(8-7-9-17(20)25)23(4,22(28)29)14-10-11-16(24)18(26)12-14/h7-12,26H,5-6H2,1-4H3,(H,28,29). The fourth-order valence-electron chi connectivity index (χ4n) is 4.02. The van der Waals surface area contributed by atoms with E-state index < -0.39 is 17.4 Å². The summed E-state index contributed by atoms with van der Waals surface area (Å²) in [6.45, 7) is 7.88. The number of carboxylic acid groups (broad SMARTS) is 1. The van der Waals surface area contributed by atoms with Crippen molar-refractivity contribution in [1.29, 1.82) is 0 Å². The first-order chi connectivity index (χ1) is 14.2. The molecule has 0 aliphatic heterocycles. The Labute approximate surface area is 179 Å². The normalized spacial score (nSPS) is 13.2. The van der Waals surface area contributed by atoms with Gasteiger partial charge in [0.05, 0.1) is 17.2 Å². The number of phenols is 1. The first kappa shape index (κ1) is 21.7. The molecule has 0 bridgehead atoms. The van der Waals surface area contributed by atoms with Gasteiger partial charge in [-0.05, 0) is 57.0 Å². The Morgan fingerprint density at radius 1 is 1.20 bits per heavy atom. The van der Waals surface area contributed by atoms with E-state index in [0.29, 0.717) is 34.3 Å². The van der Waals surface area contributed by atoms with Gasteiger partial charge in [-0.3, -0.25) is 4.79 Å². The minimum absolute atomic E-state index is 0.130. The maximum Gasteiger partial charge on any atom is 0.340 e. The van der Waals surface area contributed by atoms with E-state index >= 15 is 0 Å². The lowest BCUT2D eigenvalue weighted by molar-refractivity contribution is -0.141. The molecule has 0 aliphatic rings. The number of aromatic hydroxyl groups is 1. The third-order valence-electron chi connectivity index (χ3n) is 5.64. The number of phenolic OH excluding ortho intramolecular Hbond substituents is 1. The molecule has 2 N–H and O–H groups in total. The van der Waals surface area contributed by atoms with Crippen molar-refractivity contribution in [2.75, 3.05) is 6.61 Å². The molecule has 1 heterocycles. The molecule has 6 nitrogen and oxygen atoms in total. The zero-order chi connectivity index (χ0) is 22.2. The molecular weight excluding hydrogens is 406 g/mol. The highest BCUT2D eigenvalue weighted by atomic mass is 35.5. The number of ether oxygens (including phenoxy) is 1. The van der Waals surface area contributed by atoms with Crippen molar-refractivity contribution in [3.63, 3.8) is 0 Å². The van der Waals surface area contributed by atoms with E-state index in [1.165, 1.54) is 12.1 Å². The lowest BCUT2D eigenvalue weighted by Crippen LogP contribution is -2.34. The average Bonchev–Trinajstić information content (AvgIpc) is 3.00. The first-order valence-corrected chi connectivity index (χ1v) is 10.1. The number of benzene rings is 2. The van der Waals surface area contributed by atoms with Crippen LogP contribution in [0.4, 0.5) is 0 Å². The number of rotatable bonds is 6. The van der Waals surface area contributed by atoms with Gasteiger partial charge in [-0.25, -0.2) is 4.79 Å². The highest BCUT2D eigenvalue weighted by Crippen LogP contribution is 2.42. The van der Waals surface area contributed by atoms with Crippen LogP contribution in [0.5, 0.6) is 5.75 Å². The second-order valence-corrected chi connectivity index (χ2v) is 7.63. The van der Waals surface area contributed by atoms with Crippen LogP contribution in [0.3, 0.4) is 0 Å². The van der Waals surface area contributed by atoms with Crippen LogP contribution in [-0.4, -0.2) is 33.3 Å². The van der Waals surface area contributed by atoms with Crippen LogP contribution in [0.15, 0.2) is 36.4 Å². The second-order valence-electron chi connectivity index (χ2n) is 7.22. The van der Waals surface area contributed by atoms with Gasteiger partial charge in [0.25, 0.3) is 0 Å². The second kappa shape index (κ2) is 8.03. The number of nitrogens with zero attached hydrogens (tertiary/aromatic N) is 1. The molecule has 30 heavy (non-hydrogen) atoms. The highest BCUT2D eigenvalue weighted by molar-refractivity contribution is 6.32. The smallest absolute Gasteiger partial charge is 0.340 e. The van der Waals surface area contributed by atoms with Crippen molar-refractivity contribution in [2.45, 2.75) is 39.7 Å². The van der Waals surface area contributed by atoms with Gasteiger partial charge in [0.1, 0.15) is 11.2 Å². The Hall–Kier alpha value is -2.99. The summed E-state index contributed by atoms with van der Waals surface area (Å²) in [4.78, 5) is 25.4. The summed E-state index contributed by atoms with van der Waals surface area (Å²) in [6, 6.07) is 9.72. The Morgan fingerprint density at radius 2 is 1.90 bits per heavy atom. The van der Waals surface area contributed by atoms with E-state index in [4.69, 9.17) is 16.3 Å². The first-order valence-electron chi connectivity index (χ1n) is 9.70. The van der Waals surface area contributed by atoms with Crippen LogP contribution in [0.1, 0.15) is 48.0 Å². The number of hydrogen-bond acceptors (Lipinski definition) is 4. The molecule has 1 unspecified atom stereocenters. The summed E-state index contributed by atoms with van der Waals surface area (Å²) in [6.07, 6.45) is 0. The molecule has 2 aromatic carbocycles. The number of aliphatic carboxylic acids is 1. The monoisotopic (exact) mass is 429 g/mol. The summed E-state index contributed by atoms with van der Waals surface area (Å²) in [7, 11) is 0. The zero-order valence-electron chi connectivity index (χ0n) is 17.3. The average molecular weight is 430 g/mol. The van der Waals surface area contributed by atoms with Gasteiger partial charge in [-0.15, -0.1) is 0 Å². The molecule has 3 aromatic rings. The number of hydrogen-bond donors (Lipinski definition) is 2. The van der Waals surface area contributed by atoms with Crippen molar-refractivity contribution >= 4 is 34.4 Å². The van der Waals surface area contributed by atoms with E-state index in [-0.39, 0.29) is 17.4 Å². The van der Waals surface area contributed by atoms with Crippen LogP contribution in [0.25, 0.3) is 10.9 Å². The number of carboxylic acids is 1. The predicted molar refractivity (Wildman–Crippen MR) is 116 cm³/mol. The maximum absolute atomic E-state index is 12.9. The fraction of sp³-hybridized carbons (Fsp3) is 0.304. The van der Waals surface area contributed by atoms with Crippen LogP contribution >= 0.6 is 11.6 Å². The van der Waals surface area contributed by atoms with Gasteiger partial charge >= 0.3 is 11.9 Å². The number of halogens is 1. The number of fused-ring (bicyclic) bond motifs is 1. The summed E-state index contributed by atoms with van der Waals surface area (Å²) in [5.74, 6) is -1.82. The van der Waals surface area contributed by atoms with Crippen molar-refractivity contribution in [3.05, 3.63) is 63.8 Å². The van der Waals surface area contributed by atoms with Crippen LogP contribution in [0, 0.1) is 6.92 Å². The summed E-state index contributed by atoms with van der Waals surface area (Å²) < 4.78 is 7.25. The molecule has 0 amide bonds. The fourth-order valence-corrected chi connectivity index (χ4v) is 4.14. The van der Waals surface area contributed by atoms with Crippen LogP contribution in [-0.2, 0) is 21.5 Å². The molecule has 1 aromatic heterocycles. The van der Waals surface area contributed by atoms with Crippen LogP contribution < -0.4 is 0 Å². The summed E-state index contributed by atoms with van der Waals surface area (Å²) >= 11 is 5.93. The number of aryl methyl sites for hydroxylation is 1. The Kier molecular flexibility index (Phi) is 5.81. The Bertz CT molecular complexity index is 1150. The molecule has 7 heteroatoms. The molecule has 1 atom stereocenters. The van der Waals surface area contributed by atoms with E-state index in [2.05, 4.69) is 0 Å². The quantitative estimate of drug-likeness (QED) is 0.544. The molecule has 0 radical (unpaired) electrons. The summed E-state index contributed by atoms with van der Waals surface area (Å²) in [5, 5.41) is 21.1. The molecule has 158 valence electrons. The van der Waals surface area contributed by atoms with Gasteiger partial charge in [-0.1, -0.05) is 29.8 Å². The van der Waals surface area contributed by atoms with E-state index in [1.54, 1.807) is 32.0 Å². The third-order valence-corrected chi connectivity index (χ3v) is 5.96. The summed E-state index contributed by atoms with van der Waals surface area (Å²) in [5.41, 5.74) is 1.06. The van der Waals surface area contributed by atoms with E-state index in [0.717, 1.165) is 5.52 Å². The van der Waals surface area contributed by atoms with Crippen molar-refractivity contribution < 1.29 is 24.5 Å². The van der Waals surface area contributed by atoms with Crippen molar-refractivity contribution in [2.24, 2.45) is 0 Å². The minimum atomic E-state index is -1.55. The predicted octanol–water partition coefficient (Wildman–Crippen LogP) is 4.90. The maximum atomic E-state index is 12.9. The Balaban J connectivity index is 2.45. The highest BCUT2D eigenvalue weighted by Gasteiger charge is 2.41. The SMILES string of the molecule is CCOC(=O)c1c(C)n(CC)c2cccc(C(C)(C(=O)O)c3ccc(Cl)c(O)c3)c12. The van der Waals surface area contributed by atoms with Gasteiger partial charge in [0, 0.05) is 23.1 Å². The molecule has 0 saturated heterocycles. The van der Waals surface area contributed by atoms with E-state index in [9.17, 15) is 19.8 Å². The van der Waals surface area contributed by atoms with Crippen LogP contribution in [0.2, 0.25) is 5.02 Å². The lowest BCUT2D eigenvalue weighted by Gasteiger charge is -2.27. The lowest BCUT2D eigenvalue weighted by atomic mass is 9.74. The molecule has 0 fully saturated rings. The number of carbonyl (C=O) groups excluding carboxylic acids is 1. The molecular formula is C23H24ClNO5. The largest absolute Gasteiger partial charge is 0.506 e. The molecule has 0 saturated carbocycles. The number of esters is 1. The number of aromatic nitrogens is 1. The van der Waals surface area contributed by atoms with Gasteiger partial charge in [0.2, 0.25) is 0 Å². The zero-order valence-corrected chi connectivity index (χ0v) is 18.1. The number of carbonyl (C=O) groups is 2. The van der Waals surface area contributed by atoms with Crippen molar-refractivity contribution in [1.82, 2.24) is 4.57 Å². The molecule has 0 spiro atoms. The van der Waals surface area contributed by atoms with Gasteiger partial charge in [0.15, 0.2) is 0 Å². The molecule has 0 aliphatic carbocycles. The third kappa shape index (κ3) is 3.21. The van der Waals surface area contributed by atoms with E-state index in [1.807, 2.05) is 24.5 Å².